The molecule has 0 aliphatic heterocycles. The smallest absolute Gasteiger partial charge is 0.325 e. The summed E-state index contributed by atoms with van der Waals surface area (Å²) >= 11 is 0. The molecule has 0 fully saturated rings. The molecule has 0 aromatic heterocycles. The van der Waals surface area contributed by atoms with Gasteiger partial charge in [-0.25, -0.2) is 4.39 Å². The predicted molar refractivity (Wildman–Crippen MR) is 53.7 cm³/mol. The topological polar surface area (TPSA) is 46.6 Å². The highest BCUT2D eigenvalue weighted by Crippen LogP contribution is 2.06. The molecule has 0 aliphatic carbocycles. The summed E-state index contributed by atoms with van der Waals surface area (Å²) in [5, 5.41) is 0. The Morgan fingerprint density at radius 3 is 2.33 bits per heavy atom. The Morgan fingerprint density at radius 2 is 2.00 bits per heavy atom. The van der Waals surface area contributed by atoms with Gasteiger partial charge in [0.1, 0.15) is 6.54 Å². The molecule has 86 valence electrons. The molecule has 0 spiro atoms. The number of carbonyl (C=O) groups excluding carboxylic acids is 2. The van der Waals surface area contributed by atoms with E-state index in [4.69, 9.17) is 0 Å². The molecule has 0 aliphatic rings. The number of hydrogen-bond acceptors (Lipinski definition) is 3. The van der Waals surface area contributed by atoms with Crippen molar-refractivity contribution in [2.45, 2.75) is 26.8 Å². The molecule has 0 saturated carbocycles. The summed E-state index contributed by atoms with van der Waals surface area (Å²) in [5.41, 5.74) is 0. The first kappa shape index (κ1) is 13.6. The summed E-state index contributed by atoms with van der Waals surface area (Å²) in [6.45, 7) is 7.90. The lowest BCUT2D eigenvalue weighted by atomic mass is 10.3. The molecule has 0 N–H and O–H groups in total. The summed E-state index contributed by atoms with van der Waals surface area (Å²) in [7, 11) is 0. The molecular formula is C10H16FNO3. The quantitative estimate of drug-likeness (QED) is 0.514. The van der Waals surface area contributed by atoms with Crippen molar-refractivity contribution >= 4 is 11.9 Å². The number of esters is 1. The van der Waals surface area contributed by atoms with Crippen LogP contribution in [0.1, 0.15) is 20.8 Å². The molecule has 0 atom stereocenters. The third-order valence-electron chi connectivity index (χ3n) is 1.72. The Hall–Kier alpha value is -1.39. The molecule has 0 bridgehead atoms. The van der Waals surface area contributed by atoms with Gasteiger partial charge in [-0.3, -0.25) is 9.59 Å². The van der Waals surface area contributed by atoms with E-state index in [2.05, 4.69) is 11.3 Å². The number of carbonyl (C=O) groups is 2. The molecule has 0 aromatic carbocycles. The molecule has 0 unspecified atom stereocenters. The second-order valence-corrected chi connectivity index (χ2v) is 3.24. The first-order valence-electron chi connectivity index (χ1n) is 4.71. The van der Waals surface area contributed by atoms with Crippen molar-refractivity contribution in [3.63, 3.8) is 0 Å². The van der Waals surface area contributed by atoms with Gasteiger partial charge in [-0.15, -0.1) is 0 Å². The lowest BCUT2D eigenvalue weighted by Crippen LogP contribution is -2.41. The molecule has 4 nitrogen and oxygen atoms in total. The van der Waals surface area contributed by atoms with Crippen molar-refractivity contribution in [2.24, 2.45) is 0 Å². The average Bonchev–Trinajstić information content (AvgIpc) is 2.13. The molecule has 0 saturated heterocycles. The highest BCUT2D eigenvalue weighted by atomic mass is 19.1. The largest absolute Gasteiger partial charge is 0.465 e. The minimum Gasteiger partial charge on any atom is -0.465 e. The Bertz CT molecular complexity index is 263. The number of ether oxygens (including phenoxy) is 1. The van der Waals surface area contributed by atoms with Gasteiger partial charge in [0.25, 0.3) is 5.91 Å². The fourth-order valence-electron chi connectivity index (χ4n) is 0.990. The van der Waals surface area contributed by atoms with E-state index < -0.39 is 17.7 Å². The van der Waals surface area contributed by atoms with Crippen LogP contribution in [0, 0.1) is 0 Å². The molecule has 0 heterocycles. The first-order chi connectivity index (χ1) is 6.90. The van der Waals surface area contributed by atoms with E-state index in [1.807, 2.05) is 0 Å². The van der Waals surface area contributed by atoms with Crippen molar-refractivity contribution in [1.29, 1.82) is 0 Å². The lowest BCUT2D eigenvalue weighted by molar-refractivity contribution is -0.149. The van der Waals surface area contributed by atoms with Crippen molar-refractivity contribution in [3.05, 3.63) is 12.4 Å². The number of amides is 1. The highest BCUT2D eigenvalue weighted by Gasteiger charge is 2.22. The monoisotopic (exact) mass is 217 g/mol. The number of nitrogens with zero attached hydrogens (tertiary/aromatic N) is 1. The highest BCUT2D eigenvalue weighted by molar-refractivity contribution is 5.93. The van der Waals surface area contributed by atoms with Gasteiger partial charge in [-0.05, 0) is 20.8 Å². The van der Waals surface area contributed by atoms with Gasteiger partial charge < -0.3 is 9.64 Å². The second kappa shape index (κ2) is 6.16. The Balaban J connectivity index is 4.48. The maximum Gasteiger partial charge on any atom is 0.325 e. The molecule has 5 heteroatoms. The van der Waals surface area contributed by atoms with Crippen molar-refractivity contribution in [3.8, 4) is 0 Å². The molecule has 1 amide bonds. The normalized spacial score (nSPS) is 9.93. The fourth-order valence-corrected chi connectivity index (χ4v) is 0.990. The van der Waals surface area contributed by atoms with Crippen molar-refractivity contribution < 1.29 is 18.7 Å². The first-order valence-corrected chi connectivity index (χ1v) is 4.71. The maximum absolute atomic E-state index is 12.6. The third-order valence-corrected chi connectivity index (χ3v) is 1.72. The number of halogens is 1. The summed E-state index contributed by atoms with van der Waals surface area (Å²) in [6.07, 6.45) is 0. The summed E-state index contributed by atoms with van der Waals surface area (Å²) in [6, 6.07) is -0.283. The summed E-state index contributed by atoms with van der Waals surface area (Å²) < 4.78 is 17.3. The third kappa shape index (κ3) is 4.58. The zero-order valence-electron chi connectivity index (χ0n) is 9.25. The standard InChI is InChI=1S/C10H16FNO3/c1-5-15-9(13)6-12(7(2)3)10(14)8(4)11/h7H,4-6H2,1-3H3. The molecular weight excluding hydrogens is 201 g/mol. The van der Waals surface area contributed by atoms with Crippen LogP contribution in [0.5, 0.6) is 0 Å². The van der Waals surface area contributed by atoms with E-state index in [0.717, 1.165) is 4.90 Å². The van der Waals surface area contributed by atoms with Crippen LogP contribution in [0.25, 0.3) is 0 Å². The number of rotatable bonds is 5. The van der Waals surface area contributed by atoms with E-state index in [-0.39, 0.29) is 19.2 Å². The van der Waals surface area contributed by atoms with Gasteiger partial charge in [0.15, 0.2) is 5.83 Å². The summed E-state index contributed by atoms with van der Waals surface area (Å²) in [5.74, 6) is -2.51. The minimum atomic E-state index is -1.08. The number of hydrogen-bond donors (Lipinski definition) is 0. The molecule has 15 heavy (non-hydrogen) atoms. The van der Waals surface area contributed by atoms with Gasteiger partial charge >= 0.3 is 5.97 Å². The van der Waals surface area contributed by atoms with E-state index in [1.165, 1.54) is 0 Å². The van der Waals surface area contributed by atoms with Crippen LogP contribution in [0.15, 0.2) is 12.4 Å². The predicted octanol–water partition coefficient (Wildman–Crippen LogP) is 1.27. The minimum absolute atomic E-state index is 0.232. The van der Waals surface area contributed by atoms with E-state index in [1.54, 1.807) is 20.8 Å². The van der Waals surface area contributed by atoms with Crippen LogP contribution in [0.2, 0.25) is 0 Å². The van der Waals surface area contributed by atoms with Crippen molar-refractivity contribution in [1.82, 2.24) is 4.90 Å². The second-order valence-electron chi connectivity index (χ2n) is 3.24. The van der Waals surface area contributed by atoms with E-state index in [9.17, 15) is 14.0 Å². The fraction of sp³-hybridized carbons (Fsp3) is 0.600. The van der Waals surface area contributed by atoms with Crippen LogP contribution in [0.4, 0.5) is 4.39 Å². The van der Waals surface area contributed by atoms with Crippen LogP contribution >= 0.6 is 0 Å². The Morgan fingerprint density at radius 1 is 1.47 bits per heavy atom. The van der Waals surface area contributed by atoms with Gasteiger partial charge in [0.05, 0.1) is 6.61 Å². The van der Waals surface area contributed by atoms with Gasteiger partial charge in [-0.1, -0.05) is 6.58 Å². The van der Waals surface area contributed by atoms with Crippen LogP contribution in [-0.4, -0.2) is 36.0 Å². The van der Waals surface area contributed by atoms with E-state index in [0.29, 0.717) is 0 Å². The Labute approximate surface area is 88.7 Å². The van der Waals surface area contributed by atoms with Crippen LogP contribution in [0.3, 0.4) is 0 Å². The van der Waals surface area contributed by atoms with Gasteiger partial charge in [-0.2, -0.15) is 0 Å². The maximum atomic E-state index is 12.6. The zero-order chi connectivity index (χ0) is 12.0. The zero-order valence-corrected chi connectivity index (χ0v) is 9.25. The Kier molecular flexibility index (Phi) is 5.59. The summed E-state index contributed by atoms with van der Waals surface area (Å²) in [4.78, 5) is 23.5. The van der Waals surface area contributed by atoms with Gasteiger partial charge in [0, 0.05) is 6.04 Å². The lowest BCUT2D eigenvalue weighted by Gasteiger charge is -2.24. The average molecular weight is 217 g/mol. The van der Waals surface area contributed by atoms with Crippen molar-refractivity contribution in [2.75, 3.05) is 13.2 Å². The SMILES string of the molecule is C=C(F)C(=O)N(CC(=O)OCC)C(C)C. The van der Waals surface area contributed by atoms with Crippen LogP contribution < -0.4 is 0 Å². The van der Waals surface area contributed by atoms with Gasteiger partial charge in [0.2, 0.25) is 0 Å². The van der Waals surface area contributed by atoms with Crippen LogP contribution in [-0.2, 0) is 14.3 Å². The molecule has 0 rings (SSSR count). The molecule has 0 radical (unpaired) electrons. The molecule has 0 aromatic rings. The van der Waals surface area contributed by atoms with E-state index >= 15 is 0 Å².